The highest BCUT2D eigenvalue weighted by Gasteiger charge is 2.43. The van der Waals surface area contributed by atoms with E-state index in [1.165, 1.54) is 0 Å². The minimum absolute atomic E-state index is 0. The van der Waals surface area contributed by atoms with Crippen molar-refractivity contribution in [2.24, 2.45) is 5.73 Å². The molecule has 0 radical (unpaired) electrons. The molecule has 20 heavy (non-hydrogen) atoms. The molecule has 2 aliphatic heterocycles. The van der Waals surface area contributed by atoms with E-state index < -0.39 is 5.54 Å². The zero-order valence-corrected chi connectivity index (χ0v) is 12.4. The van der Waals surface area contributed by atoms with Crippen LogP contribution in [0.3, 0.4) is 0 Å². The Balaban J connectivity index is 0.00000147. The Kier molecular flexibility index (Phi) is 4.56. The van der Waals surface area contributed by atoms with E-state index in [9.17, 15) is 9.59 Å². The lowest BCUT2D eigenvalue weighted by molar-refractivity contribution is -0.150. The van der Waals surface area contributed by atoms with E-state index in [0.717, 1.165) is 12.8 Å². The minimum Gasteiger partial charge on any atom is -0.381 e. The number of ether oxygens (including phenoxy) is 1. The topological polar surface area (TPSA) is 75.9 Å². The van der Waals surface area contributed by atoms with Gasteiger partial charge in [-0.05, 0) is 25.7 Å². The number of amides is 2. The van der Waals surface area contributed by atoms with Gasteiger partial charge in [-0.2, -0.15) is 0 Å². The average molecular weight is 304 g/mol. The van der Waals surface area contributed by atoms with Crippen LogP contribution in [0.4, 0.5) is 0 Å². The van der Waals surface area contributed by atoms with Gasteiger partial charge in [0.15, 0.2) is 0 Å². The first-order chi connectivity index (χ1) is 9.10. The van der Waals surface area contributed by atoms with Gasteiger partial charge in [-0.25, -0.2) is 0 Å². The van der Waals surface area contributed by atoms with Gasteiger partial charge in [-0.15, -0.1) is 12.4 Å². The van der Waals surface area contributed by atoms with Crippen LogP contribution >= 0.6 is 12.4 Å². The van der Waals surface area contributed by atoms with Crippen LogP contribution in [0.1, 0.15) is 25.7 Å². The summed E-state index contributed by atoms with van der Waals surface area (Å²) in [5.74, 6) is -0.0163. The fourth-order valence-electron chi connectivity index (χ4n) is 2.90. The van der Waals surface area contributed by atoms with Crippen molar-refractivity contribution in [3.8, 4) is 0 Å². The molecular formula is C13H22ClN3O3. The van der Waals surface area contributed by atoms with Crippen LogP contribution in [0, 0.1) is 0 Å². The van der Waals surface area contributed by atoms with Crippen LogP contribution in [0.5, 0.6) is 0 Å². The first-order valence-electron chi connectivity index (χ1n) is 7.06. The van der Waals surface area contributed by atoms with E-state index >= 15 is 0 Å². The van der Waals surface area contributed by atoms with E-state index in [1.54, 1.807) is 4.90 Å². The Morgan fingerprint density at radius 2 is 1.90 bits per heavy atom. The molecule has 0 aromatic heterocycles. The second-order valence-corrected chi connectivity index (χ2v) is 5.81. The predicted molar refractivity (Wildman–Crippen MR) is 75.5 cm³/mol. The number of carbonyl (C=O) groups is 2. The number of nitrogens with zero attached hydrogens (tertiary/aromatic N) is 2. The van der Waals surface area contributed by atoms with Gasteiger partial charge in [0.05, 0.1) is 12.1 Å². The first-order valence-corrected chi connectivity index (χ1v) is 7.06. The summed E-state index contributed by atoms with van der Waals surface area (Å²) in [6, 6.07) is 0.430. The van der Waals surface area contributed by atoms with Crippen LogP contribution in [-0.2, 0) is 14.3 Å². The molecule has 7 heteroatoms. The SMILES string of the molecule is Cl.NC1(C(=O)N2CCN(C3CC3)C(=O)C2)CCOCC1. The molecule has 2 amide bonds. The van der Waals surface area contributed by atoms with Crippen molar-refractivity contribution in [3.63, 3.8) is 0 Å². The van der Waals surface area contributed by atoms with Crippen LogP contribution in [0.25, 0.3) is 0 Å². The molecule has 2 saturated heterocycles. The molecule has 0 spiro atoms. The molecule has 0 aromatic rings. The van der Waals surface area contributed by atoms with Gasteiger partial charge in [0.1, 0.15) is 0 Å². The first kappa shape index (κ1) is 15.5. The van der Waals surface area contributed by atoms with Gasteiger partial charge >= 0.3 is 0 Å². The van der Waals surface area contributed by atoms with Crippen LogP contribution in [-0.4, -0.2) is 66.0 Å². The standard InChI is InChI=1S/C13H21N3O3.ClH/c14-13(3-7-19-8-4-13)12(18)15-5-6-16(10-1-2-10)11(17)9-15;/h10H,1-9,14H2;1H. The summed E-state index contributed by atoms with van der Waals surface area (Å²) in [4.78, 5) is 28.1. The molecule has 2 heterocycles. The highest BCUT2D eigenvalue weighted by Crippen LogP contribution is 2.29. The van der Waals surface area contributed by atoms with E-state index in [2.05, 4.69) is 0 Å². The lowest BCUT2D eigenvalue weighted by Gasteiger charge is -2.40. The van der Waals surface area contributed by atoms with Crippen molar-refractivity contribution in [1.82, 2.24) is 9.80 Å². The molecule has 3 rings (SSSR count). The van der Waals surface area contributed by atoms with Gasteiger partial charge in [0.2, 0.25) is 11.8 Å². The lowest BCUT2D eigenvalue weighted by atomic mass is 9.89. The molecular weight excluding hydrogens is 282 g/mol. The molecule has 0 atom stereocenters. The Hall–Kier alpha value is -0.850. The van der Waals surface area contributed by atoms with Crippen LogP contribution in [0.2, 0.25) is 0 Å². The monoisotopic (exact) mass is 303 g/mol. The number of halogens is 1. The van der Waals surface area contributed by atoms with E-state index in [0.29, 0.717) is 45.2 Å². The maximum atomic E-state index is 12.5. The Morgan fingerprint density at radius 3 is 2.45 bits per heavy atom. The van der Waals surface area contributed by atoms with E-state index in [-0.39, 0.29) is 30.8 Å². The zero-order chi connectivity index (χ0) is 13.5. The average Bonchev–Trinajstić information content (AvgIpc) is 3.23. The van der Waals surface area contributed by atoms with Crippen LogP contribution < -0.4 is 5.73 Å². The summed E-state index contributed by atoms with van der Waals surface area (Å²) in [6.45, 7) is 2.51. The Morgan fingerprint density at radius 1 is 1.25 bits per heavy atom. The molecule has 1 aliphatic carbocycles. The number of piperazine rings is 1. The van der Waals surface area contributed by atoms with Gasteiger partial charge < -0.3 is 20.3 Å². The van der Waals surface area contributed by atoms with Crippen LogP contribution in [0.15, 0.2) is 0 Å². The van der Waals surface area contributed by atoms with Gasteiger partial charge in [0.25, 0.3) is 0 Å². The third-order valence-electron chi connectivity index (χ3n) is 4.34. The number of hydrogen-bond acceptors (Lipinski definition) is 4. The summed E-state index contributed by atoms with van der Waals surface area (Å²) >= 11 is 0. The second kappa shape index (κ2) is 5.87. The third kappa shape index (κ3) is 2.92. The number of rotatable bonds is 2. The Bertz CT molecular complexity index is 394. The van der Waals surface area contributed by atoms with Crippen molar-refractivity contribution in [2.45, 2.75) is 37.3 Å². The van der Waals surface area contributed by atoms with Gasteiger partial charge in [-0.1, -0.05) is 0 Å². The summed E-state index contributed by atoms with van der Waals surface area (Å²) < 4.78 is 5.25. The fraction of sp³-hybridized carbons (Fsp3) is 0.846. The maximum absolute atomic E-state index is 12.5. The summed E-state index contributed by atoms with van der Waals surface area (Å²) in [6.07, 6.45) is 3.31. The number of carbonyl (C=O) groups excluding carboxylic acids is 2. The molecule has 3 aliphatic rings. The number of nitrogens with two attached hydrogens (primary N) is 1. The maximum Gasteiger partial charge on any atom is 0.243 e. The molecule has 1 saturated carbocycles. The van der Waals surface area contributed by atoms with Crippen molar-refractivity contribution < 1.29 is 14.3 Å². The fourth-order valence-corrected chi connectivity index (χ4v) is 2.90. The summed E-state index contributed by atoms with van der Waals surface area (Å²) in [5, 5.41) is 0. The molecule has 0 aromatic carbocycles. The van der Waals surface area contributed by atoms with Gasteiger partial charge in [0, 0.05) is 32.3 Å². The second-order valence-electron chi connectivity index (χ2n) is 5.81. The highest BCUT2D eigenvalue weighted by molar-refractivity contribution is 5.91. The normalized spacial score (nSPS) is 26.1. The quantitative estimate of drug-likeness (QED) is 0.763. The largest absolute Gasteiger partial charge is 0.381 e. The molecule has 6 nitrogen and oxygen atoms in total. The van der Waals surface area contributed by atoms with E-state index in [4.69, 9.17) is 10.5 Å². The zero-order valence-electron chi connectivity index (χ0n) is 11.5. The summed E-state index contributed by atoms with van der Waals surface area (Å²) in [7, 11) is 0. The predicted octanol–water partition coefficient (Wildman–Crippen LogP) is -0.251. The highest BCUT2D eigenvalue weighted by atomic mass is 35.5. The van der Waals surface area contributed by atoms with Crippen molar-refractivity contribution in [3.05, 3.63) is 0 Å². The van der Waals surface area contributed by atoms with Crippen molar-refractivity contribution >= 4 is 24.2 Å². The summed E-state index contributed by atoms with van der Waals surface area (Å²) in [5.41, 5.74) is 5.36. The molecule has 2 N–H and O–H groups in total. The van der Waals surface area contributed by atoms with E-state index in [1.807, 2.05) is 4.90 Å². The molecule has 0 unspecified atom stereocenters. The van der Waals surface area contributed by atoms with Crippen molar-refractivity contribution in [1.29, 1.82) is 0 Å². The lowest BCUT2D eigenvalue weighted by Crippen LogP contribution is -2.62. The van der Waals surface area contributed by atoms with Gasteiger partial charge in [-0.3, -0.25) is 9.59 Å². The number of hydrogen-bond donors (Lipinski definition) is 1. The molecule has 0 bridgehead atoms. The molecule has 114 valence electrons. The molecule has 3 fully saturated rings. The smallest absolute Gasteiger partial charge is 0.243 e. The van der Waals surface area contributed by atoms with Crippen molar-refractivity contribution in [2.75, 3.05) is 32.8 Å². The Labute approximate surface area is 125 Å². The third-order valence-corrected chi connectivity index (χ3v) is 4.34. The minimum atomic E-state index is -0.833.